The first-order valence-corrected chi connectivity index (χ1v) is 10.9. The zero-order valence-electron chi connectivity index (χ0n) is 16.0. The number of ketones is 1. The molecule has 1 atom stereocenters. The van der Waals surface area contributed by atoms with E-state index in [9.17, 15) is 4.79 Å². The van der Waals surface area contributed by atoms with Gasteiger partial charge in [0, 0.05) is 24.2 Å². The maximum absolute atomic E-state index is 13.1. The minimum Gasteiger partial charge on any atom is -0.353 e. The van der Waals surface area contributed by atoms with Crippen molar-refractivity contribution >= 4 is 52.1 Å². The number of anilines is 2. The summed E-state index contributed by atoms with van der Waals surface area (Å²) in [4.78, 5) is 24.0. The molecule has 0 amide bonds. The third-order valence-electron chi connectivity index (χ3n) is 5.38. The second-order valence-corrected chi connectivity index (χ2v) is 8.45. The van der Waals surface area contributed by atoms with Gasteiger partial charge < -0.3 is 10.2 Å². The smallest absolute Gasteiger partial charge is 0.163 e. The van der Waals surface area contributed by atoms with Crippen molar-refractivity contribution in [2.45, 2.75) is 45.1 Å². The van der Waals surface area contributed by atoms with Crippen LogP contribution in [0.15, 0.2) is 35.8 Å². The third-order valence-corrected chi connectivity index (χ3v) is 6.41. The number of nitrogens with zero attached hydrogens (tertiary/aromatic N) is 3. The molecule has 2 aliphatic rings. The lowest BCUT2D eigenvalue weighted by Crippen LogP contribution is -2.34. The van der Waals surface area contributed by atoms with Crippen molar-refractivity contribution in [1.82, 2.24) is 9.97 Å². The Labute approximate surface area is 185 Å². The fourth-order valence-electron chi connectivity index (χ4n) is 4.01. The van der Waals surface area contributed by atoms with E-state index in [4.69, 9.17) is 34.8 Å². The third kappa shape index (κ3) is 3.83. The van der Waals surface area contributed by atoms with E-state index in [0.29, 0.717) is 39.7 Å². The van der Waals surface area contributed by atoms with Crippen LogP contribution in [0.5, 0.6) is 0 Å². The van der Waals surface area contributed by atoms with Gasteiger partial charge in [0.15, 0.2) is 16.8 Å². The van der Waals surface area contributed by atoms with E-state index in [-0.39, 0.29) is 11.8 Å². The van der Waals surface area contributed by atoms with Crippen molar-refractivity contribution < 1.29 is 4.79 Å². The summed E-state index contributed by atoms with van der Waals surface area (Å²) in [7, 11) is 0. The molecule has 29 heavy (non-hydrogen) atoms. The Hall–Kier alpha value is -1.82. The van der Waals surface area contributed by atoms with E-state index in [0.717, 1.165) is 42.5 Å². The van der Waals surface area contributed by atoms with E-state index < -0.39 is 0 Å². The molecule has 2 aromatic rings. The minimum absolute atomic E-state index is 0.133. The van der Waals surface area contributed by atoms with Gasteiger partial charge in [-0.1, -0.05) is 54.2 Å². The van der Waals surface area contributed by atoms with Crippen LogP contribution in [0, 0.1) is 0 Å². The van der Waals surface area contributed by atoms with Gasteiger partial charge in [0.05, 0.1) is 16.1 Å². The van der Waals surface area contributed by atoms with Gasteiger partial charge >= 0.3 is 0 Å². The first-order valence-electron chi connectivity index (χ1n) is 9.76. The molecule has 0 saturated carbocycles. The summed E-state index contributed by atoms with van der Waals surface area (Å²) >= 11 is 18.9. The molecule has 0 spiro atoms. The molecule has 1 aliphatic heterocycles. The quantitative estimate of drug-likeness (QED) is 0.559. The van der Waals surface area contributed by atoms with E-state index in [1.54, 1.807) is 6.07 Å². The number of carbonyl (C=O) groups excluding carboxylic acids is 1. The number of benzene rings is 1. The lowest BCUT2D eigenvalue weighted by Gasteiger charge is -2.34. The largest absolute Gasteiger partial charge is 0.353 e. The van der Waals surface area contributed by atoms with Crippen LogP contribution in [0.2, 0.25) is 15.2 Å². The topological polar surface area (TPSA) is 58.1 Å². The van der Waals surface area contributed by atoms with Gasteiger partial charge in [0.1, 0.15) is 12.0 Å². The van der Waals surface area contributed by atoms with Crippen LogP contribution in [0.3, 0.4) is 0 Å². The lowest BCUT2D eigenvalue weighted by molar-refractivity contribution is -0.116. The maximum Gasteiger partial charge on any atom is 0.163 e. The first kappa shape index (κ1) is 20.5. The highest BCUT2D eigenvalue weighted by atomic mass is 35.5. The van der Waals surface area contributed by atoms with E-state index in [1.165, 1.54) is 6.33 Å². The highest BCUT2D eigenvalue weighted by Gasteiger charge is 2.38. The summed E-state index contributed by atoms with van der Waals surface area (Å²) in [6, 6.07) is 5.22. The van der Waals surface area contributed by atoms with Gasteiger partial charge in [0.25, 0.3) is 0 Å². The molecule has 1 N–H and O–H groups in total. The van der Waals surface area contributed by atoms with Crippen LogP contribution in [0.4, 0.5) is 11.5 Å². The standard InChI is InChI=1S/C21H21Cl3N4O/c1-2-3-9-28-19(12-7-8-13(22)14(23)10-12)17-15(5-4-6-16(17)29)27-18-20(24)25-11-26-21(18)28/h7-8,10-11,19,27H,2-6,9H2,1H3. The Balaban J connectivity index is 1.97. The molecular formula is C21H21Cl3N4O. The zero-order valence-corrected chi connectivity index (χ0v) is 18.3. The fourth-order valence-corrected chi connectivity index (χ4v) is 4.50. The van der Waals surface area contributed by atoms with E-state index >= 15 is 0 Å². The summed E-state index contributed by atoms with van der Waals surface area (Å²) in [6.07, 6.45) is 5.50. The number of rotatable bonds is 4. The number of halogens is 3. The summed E-state index contributed by atoms with van der Waals surface area (Å²) in [6.45, 7) is 2.85. The molecule has 5 nitrogen and oxygen atoms in total. The maximum atomic E-state index is 13.1. The van der Waals surface area contributed by atoms with Crippen molar-refractivity contribution in [2.75, 3.05) is 16.8 Å². The molecule has 0 saturated heterocycles. The molecule has 1 aromatic carbocycles. The number of hydrogen-bond donors (Lipinski definition) is 1. The van der Waals surface area contributed by atoms with Gasteiger partial charge in [-0.15, -0.1) is 0 Å². The Morgan fingerprint density at radius 2 is 2.00 bits per heavy atom. The molecule has 4 rings (SSSR count). The highest BCUT2D eigenvalue weighted by Crippen LogP contribution is 2.46. The molecule has 2 heterocycles. The average molecular weight is 452 g/mol. The van der Waals surface area contributed by atoms with Gasteiger partial charge in [-0.2, -0.15) is 0 Å². The second-order valence-electron chi connectivity index (χ2n) is 7.28. The number of allylic oxidation sites excluding steroid dienone is 1. The Kier molecular flexibility index (Phi) is 6.00. The summed E-state index contributed by atoms with van der Waals surface area (Å²) in [5.74, 6) is 0.824. The van der Waals surface area contributed by atoms with Crippen LogP contribution >= 0.6 is 34.8 Å². The molecule has 1 aromatic heterocycles. The van der Waals surface area contributed by atoms with Crippen LogP contribution in [0.1, 0.15) is 50.6 Å². The van der Waals surface area contributed by atoms with Crippen molar-refractivity contribution in [3.05, 3.63) is 56.6 Å². The summed E-state index contributed by atoms with van der Waals surface area (Å²) < 4.78 is 0. The normalized spacial score (nSPS) is 18.8. The van der Waals surface area contributed by atoms with Crippen LogP contribution in [0.25, 0.3) is 0 Å². The minimum atomic E-state index is -0.321. The number of Topliss-reactive ketones (excluding diaryl/α,β-unsaturated/α-hetero) is 1. The number of fused-ring (bicyclic) bond motifs is 1. The van der Waals surface area contributed by atoms with Gasteiger partial charge in [0.2, 0.25) is 0 Å². The summed E-state index contributed by atoms with van der Waals surface area (Å²) in [5, 5.41) is 4.68. The first-order chi connectivity index (χ1) is 14.0. The number of hydrogen-bond acceptors (Lipinski definition) is 5. The Morgan fingerprint density at radius 3 is 2.76 bits per heavy atom. The number of carbonyl (C=O) groups is 1. The van der Waals surface area contributed by atoms with Crippen molar-refractivity contribution in [3.8, 4) is 0 Å². The number of nitrogens with one attached hydrogen (secondary N) is 1. The van der Waals surface area contributed by atoms with Gasteiger partial charge in [-0.05, 0) is 37.0 Å². The predicted molar refractivity (Wildman–Crippen MR) is 118 cm³/mol. The number of unbranched alkanes of at least 4 members (excludes halogenated alkanes) is 1. The SMILES string of the molecule is CCCCN1c2ncnc(Cl)c2NC2=C(C(=O)CCC2)C1c1ccc(Cl)c(Cl)c1. The zero-order chi connectivity index (χ0) is 20.5. The lowest BCUT2D eigenvalue weighted by atomic mass is 9.86. The molecular weight excluding hydrogens is 431 g/mol. The molecule has 1 unspecified atom stereocenters. The van der Waals surface area contributed by atoms with Crippen molar-refractivity contribution in [2.24, 2.45) is 0 Å². The van der Waals surface area contributed by atoms with Crippen molar-refractivity contribution in [3.63, 3.8) is 0 Å². The van der Waals surface area contributed by atoms with Gasteiger partial charge in [-0.3, -0.25) is 4.79 Å². The molecule has 0 fully saturated rings. The van der Waals surface area contributed by atoms with Crippen LogP contribution < -0.4 is 10.2 Å². The summed E-state index contributed by atoms with van der Waals surface area (Å²) in [5.41, 5.74) is 3.19. The Morgan fingerprint density at radius 1 is 1.17 bits per heavy atom. The van der Waals surface area contributed by atoms with E-state index in [1.807, 2.05) is 12.1 Å². The Bertz CT molecular complexity index is 992. The van der Waals surface area contributed by atoms with E-state index in [2.05, 4.69) is 27.1 Å². The molecule has 0 radical (unpaired) electrons. The van der Waals surface area contributed by atoms with Crippen molar-refractivity contribution in [1.29, 1.82) is 0 Å². The molecule has 0 bridgehead atoms. The second kappa shape index (κ2) is 8.50. The number of aromatic nitrogens is 2. The molecule has 152 valence electrons. The molecule has 8 heteroatoms. The average Bonchev–Trinajstić information content (AvgIpc) is 2.85. The monoisotopic (exact) mass is 450 g/mol. The fraction of sp³-hybridized carbons (Fsp3) is 0.381. The van der Waals surface area contributed by atoms with Crippen LogP contribution in [-0.4, -0.2) is 22.3 Å². The highest BCUT2D eigenvalue weighted by molar-refractivity contribution is 6.42. The van der Waals surface area contributed by atoms with Crippen LogP contribution in [-0.2, 0) is 4.79 Å². The predicted octanol–water partition coefficient (Wildman–Crippen LogP) is 6.22. The van der Waals surface area contributed by atoms with Gasteiger partial charge in [-0.25, -0.2) is 9.97 Å². The molecule has 1 aliphatic carbocycles.